The van der Waals surface area contributed by atoms with Crippen LogP contribution in [0.25, 0.3) is 10.9 Å². The van der Waals surface area contributed by atoms with Crippen LogP contribution in [-0.2, 0) is 11.3 Å². The summed E-state index contributed by atoms with van der Waals surface area (Å²) in [7, 11) is 2.10. The number of piperazine rings is 1. The van der Waals surface area contributed by atoms with Crippen molar-refractivity contribution in [2.75, 3.05) is 43.4 Å². The first kappa shape index (κ1) is 19.0. The number of aromatic nitrogens is 4. The maximum absolute atomic E-state index is 12.5. The zero-order chi connectivity index (χ0) is 20.2. The number of anilines is 2. The molecule has 150 valence electrons. The lowest BCUT2D eigenvalue weighted by molar-refractivity contribution is -0.116. The number of likely N-dealkylation sites (N-methyl/N-ethyl adjacent to an activating group) is 1. The van der Waals surface area contributed by atoms with Crippen LogP contribution in [0.1, 0.15) is 6.42 Å². The van der Waals surface area contributed by atoms with Crippen molar-refractivity contribution in [2.45, 2.75) is 13.0 Å². The highest BCUT2D eigenvalue weighted by atomic mass is 16.2. The van der Waals surface area contributed by atoms with Crippen LogP contribution < -0.4 is 15.8 Å². The molecule has 1 aliphatic rings. The lowest BCUT2D eigenvalue weighted by Crippen LogP contribution is -2.45. The molecule has 1 aliphatic heterocycles. The van der Waals surface area contributed by atoms with E-state index in [0.717, 1.165) is 26.2 Å². The van der Waals surface area contributed by atoms with Gasteiger partial charge in [0, 0.05) is 39.1 Å². The van der Waals surface area contributed by atoms with Crippen LogP contribution in [0.4, 0.5) is 11.6 Å². The van der Waals surface area contributed by atoms with Gasteiger partial charge in [0.2, 0.25) is 11.9 Å². The van der Waals surface area contributed by atoms with E-state index >= 15 is 0 Å². The molecule has 1 fully saturated rings. The summed E-state index contributed by atoms with van der Waals surface area (Å²) < 4.78 is 1.45. The van der Waals surface area contributed by atoms with Crippen LogP contribution >= 0.6 is 0 Å². The van der Waals surface area contributed by atoms with E-state index < -0.39 is 0 Å². The number of nitrogens with one attached hydrogen (secondary N) is 1. The number of aryl methyl sites for hydroxylation is 1. The van der Waals surface area contributed by atoms with Crippen LogP contribution in [0.5, 0.6) is 0 Å². The van der Waals surface area contributed by atoms with Gasteiger partial charge >= 0.3 is 0 Å². The van der Waals surface area contributed by atoms with Gasteiger partial charge in [-0.25, -0.2) is 15.0 Å². The van der Waals surface area contributed by atoms with Crippen molar-refractivity contribution in [1.29, 1.82) is 0 Å². The van der Waals surface area contributed by atoms with Gasteiger partial charge in [0.1, 0.15) is 0 Å². The molecule has 2 aromatic heterocycles. The zero-order valence-corrected chi connectivity index (χ0v) is 16.3. The molecule has 0 spiro atoms. The van der Waals surface area contributed by atoms with Gasteiger partial charge in [-0.15, -0.1) is 0 Å². The van der Waals surface area contributed by atoms with Crippen molar-refractivity contribution in [3.63, 3.8) is 0 Å². The monoisotopic (exact) mass is 393 g/mol. The molecule has 0 atom stereocenters. The molecule has 29 heavy (non-hydrogen) atoms. The average molecular weight is 393 g/mol. The molecule has 1 amide bonds. The third-order valence-corrected chi connectivity index (χ3v) is 5.02. The summed E-state index contributed by atoms with van der Waals surface area (Å²) in [4.78, 5) is 42.1. The molecule has 0 unspecified atom stereocenters. The third kappa shape index (κ3) is 4.40. The SMILES string of the molecule is CN1CCN(c2ncc(NC(=O)CCn3cnc4ccccc4c3=O)cn2)CC1. The van der Waals surface area contributed by atoms with Crippen molar-refractivity contribution in [3.05, 3.63) is 53.3 Å². The number of rotatable bonds is 5. The summed E-state index contributed by atoms with van der Waals surface area (Å²) in [6.07, 6.45) is 4.86. The standard InChI is InChI=1S/C20H23N7O2/c1-25-8-10-26(11-9-25)20-21-12-15(13-22-20)24-18(28)6-7-27-14-23-17-5-3-2-4-16(17)19(27)29/h2-5,12-14H,6-11H2,1H3,(H,24,28). The fourth-order valence-electron chi connectivity index (χ4n) is 3.27. The van der Waals surface area contributed by atoms with Crippen molar-refractivity contribution in [1.82, 2.24) is 24.4 Å². The first-order valence-corrected chi connectivity index (χ1v) is 9.60. The minimum Gasteiger partial charge on any atom is -0.338 e. The molecule has 0 saturated carbocycles. The number of amides is 1. The Balaban J connectivity index is 1.34. The number of para-hydroxylation sites is 1. The van der Waals surface area contributed by atoms with E-state index in [1.807, 2.05) is 6.07 Å². The number of fused-ring (bicyclic) bond motifs is 1. The maximum Gasteiger partial charge on any atom is 0.261 e. The fraction of sp³-hybridized carbons (Fsp3) is 0.350. The molecule has 9 heteroatoms. The van der Waals surface area contributed by atoms with E-state index in [-0.39, 0.29) is 24.4 Å². The Morgan fingerprint density at radius 2 is 1.79 bits per heavy atom. The van der Waals surface area contributed by atoms with Crippen LogP contribution in [0, 0.1) is 0 Å². The molecular formula is C20H23N7O2. The number of carbonyl (C=O) groups is 1. The maximum atomic E-state index is 12.5. The predicted octanol–water partition coefficient (Wildman–Crippen LogP) is 0.967. The van der Waals surface area contributed by atoms with Gasteiger partial charge in [-0.05, 0) is 19.2 Å². The fourth-order valence-corrected chi connectivity index (χ4v) is 3.27. The van der Waals surface area contributed by atoms with Crippen molar-refractivity contribution in [3.8, 4) is 0 Å². The predicted molar refractivity (Wildman–Crippen MR) is 111 cm³/mol. The summed E-state index contributed by atoms with van der Waals surface area (Å²) in [6.45, 7) is 3.98. The van der Waals surface area contributed by atoms with E-state index in [2.05, 4.69) is 37.1 Å². The van der Waals surface area contributed by atoms with E-state index in [0.29, 0.717) is 22.5 Å². The van der Waals surface area contributed by atoms with Gasteiger partial charge in [0.05, 0.1) is 35.3 Å². The molecule has 1 saturated heterocycles. The Labute approximate surface area is 168 Å². The molecule has 1 aromatic carbocycles. The van der Waals surface area contributed by atoms with E-state index in [1.54, 1.807) is 30.6 Å². The van der Waals surface area contributed by atoms with E-state index in [1.165, 1.54) is 10.9 Å². The highest BCUT2D eigenvalue weighted by Gasteiger charge is 2.16. The molecular weight excluding hydrogens is 370 g/mol. The molecule has 0 aliphatic carbocycles. The summed E-state index contributed by atoms with van der Waals surface area (Å²) in [5.74, 6) is 0.464. The minimum atomic E-state index is -0.207. The van der Waals surface area contributed by atoms with Crippen LogP contribution in [0.3, 0.4) is 0 Å². The summed E-state index contributed by atoms with van der Waals surface area (Å²) in [5, 5.41) is 3.32. The minimum absolute atomic E-state index is 0.150. The summed E-state index contributed by atoms with van der Waals surface area (Å²) in [6, 6.07) is 7.16. The summed E-state index contributed by atoms with van der Waals surface area (Å²) in [5.41, 5.74) is 1.04. The first-order valence-electron chi connectivity index (χ1n) is 9.60. The highest BCUT2D eigenvalue weighted by molar-refractivity contribution is 5.90. The molecule has 0 radical (unpaired) electrons. The Bertz CT molecular complexity index is 1060. The van der Waals surface area contributed by atoms with Gasteiger partial charge in [-0.2, -0.15) is 0 Å². The normalized spacial score (nSPS) is 14.9. The van der Waals surface area contributed by atoms with Gasteiger partial charge in [-0.3, -0.25) is 14.2 Å². The Morgan fingerprint density at radius 1 is 1.07 bits per heavy atom. The van der Waals surface area contributed by atoms with Gasteiger partial charge in [0.25, 0.3) is 5.56 Å². The summed E-state index contributed by atoms with van der Waals surface area (Å²) >= 11 is 0. The number of benzene rings is 1. The molecule has 4 rings (SSSR count). The number of nitrogens with zero attached hydrogens (tertiary/aromatic N) is 6. The van der Waals surface area contributed by atoms with E-state index in [4.69, 9.17) is 0 Å². The molecule has 1 N–H and O–H groups in total. The molecule has 3 heterocycles. The van der Waals surface area contributed by atoms with Crippen molar-refractivity contribution >= 4 is 28.4 Å². The van der Waals surface area contributed by atoms with Gasteiger partial charge in [-0.1, -0.05) is 12.1 Å². The quantitative estimate of drug-likeness (QED) is 0.690. The lowest BCUT2D eigenvalue weighted by atomic mass is 10.2. The van der Waals surface area contributed by atoms with Crippen molar-refractivity contribution in [2.24, 2.45) is 0 Å². The lowest BCUT2D eigenvalue weighted by Gasteiger charge is -2.32. The molecule has 3 aromatic rings. The topological polar surface area (TPSA) is 96.2 Å². The van der Waals surface area contributed by atoms with Gasteiger partial charge in [0.15, 0.2) is 0 Å². The molecule has 0 bridgehead atoms. The van der Waals surface area contributed by atoms with Gasteiger partial charge < -0.3 is 15.1 Å². The smallest absolute Gasteiger partial charge is 0.261 e. The van der Waals surface area contributed by atoms with E-state index in [9.17, 15) is 9.59 Å². The van der Waals surface area contributed by atoms with Crippen LogP contribution in [0.2, 0.25) is 0 Å². The van der Waals surface area contributed by atoms with Crippen LogP contribution in [0.15, 0.2) is 47.8 Å². The second kappa shape index (κ2) is 8.36. The Morgan fingerprint density at radius 3 is 2.55 bits per heavy atom. The largest absolute Gasteiger partial charge is 0.338 e. The second-order valence-electron chi connectivity index (χ2n) is 7.12. The number of hydrogen-bond acceptors (Lipinski definition) is 7. The Kier molecular flexibility index (Phi) is 5.48. The van der Waals surface area contributed by atoms with Crippen molar-refractivity contribution < 1.29 is 4.79 Å². The molecule has 9 nitrogen and oxygen atoms in total. The van der Waals surface area contributed by atoms with Crippen LogP contribution in [-0.4, -0.2) is 63.6 Å². The first-order chi connectivity index (χ1) is 14.1. The average Bonchev–Trinajstić information content (AvgIpc) is 2.75. The third-order valence-electron chi connectivity index (χ3n) is 5.02. The highest BCUT2D eigenvalue weighted by Crippen LogP contribution is 2.12. The Hall–Kier alpha value is -3.33. The zero-order valence-electron chi connectivity index (χ0n) is 16.3. The number of hydrogen-bond donors (Lipinski definition) is 1. The second-order valence-corrected chi connectivity index (χ2v) is 7.12. The number of carbonyl (C=O) groups excluding carboxylic acids is 1.